The first-order valence-electron chi connectivity index (χ1n) is 7.88. The number of carbonyl (C=O) groups excluding carboxylic acids is 4. The molecule has 25 heavy (non-hydrogen) atoms. The highest BCUT2D eigenvalue weighted by atomic mass is 16.5. The Morgan fingerprint density at radius 1 is 1.16 bits per heavy atom. The summed E-state index contributed by atoms with van der Waals surface area (Å²) < 4.78 is 4.84. The third-order valence-corrected chi connectivity index (χ3v) is 3.42. The molecule has 136 valence electrons. The van der Waals surface area contributed by atoms with Gasteiger partial charge in [0.05, 0.1) is 13.0 Å². The van der Waals surface area contributed by atoms with Gasteiger partial charge < -0.3 is 21.1 Å². The summed E-state index contributed by atoms with van der Waals surface area (Å²) in [7, 11) is 0. The molecule has 8 nitrogen and oxygen atoms in total. The molecule has 0 unspecified atom stereocenters. The summed E-state index contributed by atoms with van der Waals surface area (Å²) >= 11 is 0. The second-order valence-electron chi connectivity index (χ2n) is 5.60. The van der Waals surface area contributed by atoms with Gasteiger partial charge in [-0.3, -0.25) is 19.2 Å². The summed E-state index contributed by atoms with van der Waals surface area (Å²) in [6.45, 7) is 4.93. The molecule has 4 N–H and O–H groups in total. The van der Waals surface area contributed by atoms with Crippen LogP contribution < -0.4 is 16.4 Å². The molecule has 0 saturated carbocycles. The summed E-state index contributed by atoms with van der Waals surface area (Å²) in [6.07, 6.45) is -0.0385. The van der Waals surface area contributed by atoms with Gasteiger partial charge in [0.2, 0.25) is 11.8 Å². The van der Waals surface area contributed by atoms with Crippen LogP contribution in [-0.2, 0) is 19.1 Å². The van der Waals surface area contributed by atoms with Gasteiger partial charge in [-0.2, -0.15) is 0 Å². The van der Waals surface area contributed by atoms with E-state index in [9.17, 15) is 19.2 Å². The van der Waals surface area contributed by atoms with E-state index in [1.807, 2.05) is 0 Å². The second kappa shape index (κ2) is 9.41. The van der Waals surface area contributed by atoms with E-state index in [1.165, 1.54) is 19.1 Å². The van der Waals surface area contributed by atoms with Crippen molar-refractivity contribution in [2.75, 3.05) is 11.9 Å². The smallest absolute Gasteiger partial charge is 0.306 e. The van der Waals surface area contributed by atoms with Gasteiger partial charge in [-0.15, -0.1) is 0 Å². The van der Waals surface area contributed by atoms with Crippen molar-refractivity contribution >= 4 is 29.4 Å². The average Bonchev–Trinajstić information content (AvgIpc) is 2.52. The van der Waals surface area contributed by atoms with Gasteiger partial charge in [0.15, 0.2) is 0 Å². The van der Waals surface area contributed by atoms with E-state index >= 15 is 0 Å². The van der Waals surface area contributed by atoms with Crippen LogP contribution in [0.25, 0.3) is 0 Å². The van der Waals surface area contributed by atoms with Crippen LogP contribution in [0.2, 0.25) is 0 Å². The predicted octanol–water partition coefficient (Wildman–Crippen LogP) is 0.818. The highest BCUT2D eigenvalue weighted by molar-refractivity contribution is 5.98. The normalized spacial score (nSPS) is 12.6. The number of carbonyl (C=O) groups is 4. The summed E-state index contributed by atoms with van der Waals surface area (Å²) in [6, 6.07) is 5.14. The molecule has 0 fully saturated rings. The van der Waals surface area contributed by atoms with Crippen molar-refractivity contribution in [1.29, 1.82) is 0 Å². The molecule has 0 aromatic heterocycles. The lowest BCUT2D eigenvalue weighted by Crippen LogP contribution is -2.49. The minimum Gasteiger partial charge on any atom is -0.466 e. The number of benzene rings is 1. The third kappa shape index (κ3) is 6.62. The fourth-order valence-corrected chi connectivity index (χ4v) is 2.23. The first-order chi connectivity index (χ1) is 11.7. The predicted molar refractivity (Wildman–Crippen MR) is 91.6 cm³/mol. The first kappa shape index (κ1) is 20.1. The molecule has 0 aliphatic carbocycles. The van der Waals surface area contributed by atoms with Gasteiger partial charge in [0, 0.05) is 18.2 Å². The maximum atomic E-state index is 12.3. The summed E-state index contributed by atoms with van der Waals surface area (Å²) in [4.78, 5) is 46.4. The Labute approximate surface area is 146 Å². The monoisotopic (exact) mass is 349 g/mol. The fraction of sp³-hybridized carbons (Fsp3) is 0.412. The Hall–Kier alpha value is -2.90. The van der Waals surface area contributed by atoms with Crippen molar-refractivity contribution in [2.24, 2.45) is 11.7 Å². The lowest BCUT2D eigenvalue weighted by atomic mass is 9.97. The second-order valence-corrected chi connectivity index (χ2v) is 5.60. The number of esters is 1. The maximum Gasteiger partial charge on any atom is 0.306 e. The van der Waals surface area contributed by atoms with Crippen LogP contribution in [0.4, 0.5) is 5.69 Å². The lowest BCUT2D eigenvalue weighted by molar-refractivity contribution is -0.144. The summed E-state index contributed by atoms with van der Waals surface area (Å²) in [5, 5.41) is 5.12. The first-order valence-corrected chi connectivity index (χ1v) is 7.88. The maximum absolute atomic E-state index is 12.3. The Morgan fingerprint density at radius 3 is 2.24 bits per heavy atom. The van der Waals surface area contributed by atoms with E-state index in [4.69, 9.17) is 10.5 Å². The van der Waals surface area contributed by atoms with E-state index < -0.39 is 29.7 Å². The molecule has 1 aromatic carbocycles. The molecule has 0 heterocycles. The Balaban J connectivity index is 2.77. The van der Waals surface area contributed by atoms with Crippen LogP contribution in [0, 0.1) is 5.92 Å². The van der Waals surface area contributed by atoms with Crippen LogP contribution in [-0.4, -0.2) is 36.3 Å². The standard InChI is InChI=1S/C17H23N3O5/c1-4-25-14(22)9-10(2)15(16(18)23)20-17(24)12-5-7-13(8-6-12)19-11(3)21/h5-8,10,15H,4,9H2,1-3H3,(H2,18,23)(H,19,21)(H,20,24)/t10-,15-/m1/s1. The zero-order valence-corrected chi connectivity index (χ0v) is 14.5. The Morgan fingerprint density at radius 2 is 1.76 bits per heavy atom. The van der Waals surface area contributed by atoms with Crippen molar-refractivity contribution in [3.8, 4) is 0 Å². The number of nitrogens with one attached hydrogen (secondary N) is 2. The highest BCUT2D eigenvalue weighted by Gasteiger charge is 2.27. The molecule has 0 bridgehead atoms. The number of anilines is 1. The average molecular weight is 349 g/mol. The largest absolute Gasteiger partial charge is 0.466 e. The van der Waals surface area contributed by atoms with E-state index in [2.05, 4.69) is 10.6 Å². The van der Waals surface area contributed by atoms with Crippen molar-refractivity contribution in [3.05, 3.63) is 29.8 Å². The number of nitrogens with two attached hydrogens (primary N) is 1. The van der Waals surface area contributed by atoms with Crippen LogP contribution in [0.5, 0.6) is 0 Å². The minimum absolute atomic E-state index is 0.0385. The number of ether oxygens (including phenoxy) is 1. The molecule has 0 aliphatic rings. The number of rotatable bonds is 8. The van der Waals surface area contributed by atoms with Gasteiger partial charge >= 0.3 is 5.97 Å². The lowest BCUT2D eigenvalue weighted by Gasteiger charge is -2.21. The summed E-state index contributed by atoms with van der Waals surface area (Å²) in [5.41, 5.74) is 6.18. The number of amides is 3. The molecular weight excluding hydrogens is 326 g/mol. The van der Waals surface area contributed by atoms with Gasteiger partial charge in [-0.1, -0.05) is 6.92 Å². The van der Waals surface area contributed by atoms with Gasteiger partial charge in [0.1, 0.15) is 6.04 Å². The molecule has 0 spiro atoms. The van der Waals surface area contributed by atoms with Crippen LogP contribution in [0.15, 0.2) is 24.3 Å². The van der Waals surface area contributed by atoms with Crippen LogP contribution >= 0.6 is 0 Å². The van der Waals surface area contributed by atoms with Gasteiger partial charge in [-0.25, -0.2) is 0 Å². The number of hydrogen-bond donors (Lipinski definition) is 3. The minimum atomic E-state index is -1.01. The van der Waals surface area contributed by atoms with E-state index in [0.29, 0.717) is 11.3 Å². The van der Waals surface area contributed by atoms with Crippen LogP contribution in [0.3, 0.4) is 0 Å². The van der Waals surface area contributed by atoms with E-state index in [1.54, 1.807) is 26.0 Å². The van der Waals surface area contributed by atoms with Crippen molar-refractivity contribution < 1.29 is 23.9 Å². The Kier molecular flexibility index (Phi) is 7.58. The molecule has 0 radical (unpaired) electrons. The van der Waals surface area contributed by atoms with Crippen molar-refractivity contribution in [1.82, 2.24) is 5.32 Å². The molecule has 3 amide bonds. The topological polar surface area (TPSA) is 128 Å². The molecule has 1 rings (SSSR count). The molecule has 0 saturated heterocycles. The fourth-order valence-electron chi connectivity index (χ4n) is 2.23. The van der Waals surface area contributed by atoms with Gasteiger partial charge in [-0.05, 0) is 37.1 Å². The number of primary amides is 1. The van der Waals surface area contributed by atoms with Gasteiger partial charge in [0.25, 0.3) is 5.91 Å². The van der Waals surface area contributed by atoms with Crippen molar-refractivity contribution in [2.45, 2.75) is 33.2 Å². The van der Waals surface area contributed by atoms with E-state index in [0.717, 1.165) is 0 Å². The molecular formula is C17H23N3O5. The molecule has 8 heteroatoms. The SMILES string of the molecule is CCOC(=O)C[C@@H](C)[C@@H](NC(=O)c1ccc(NC(C)=O)cc1)C(N)=O. The Bertz CT molecular complexity index is 642. The van der Waals surface area contributed by atoms with E-state index in [-0.39, 0.29) is 18.9 Å². The number of hydrogen-bond acceptors (Lipinski definition) is 5. The zero-order chi connectivity index (χ0) is 19.0. The zero-order valence-electron chi connectivity index (χ0n) is 14.5. The molecule has 2 atom stereocenters. The molecule has 1 aromatic rings. The quantitative estimate of drug-likeness (QED) is 0.599. The summed E-state index contributed by atoms with van der Waals surface area (Å²) in [5.74, 6) is -2.44. The third-order valence-electron chi connectivity index (χ3n) is 3.42. The van der Waals surface area contributed by atoms with Crippen LogP contribution in [0.1, 0.15) is 37.6 Å². The highest BCUT2D eigenvalue weighted by Crippen LogP contribution is 2.13. The molecule has 0 aliphatic heterocycles. The van der Waals surface area contributed by atoms with Crippen molar-refractivity contribution in [3.63, 3.8) is 0 Å².